The Balaban J connectivity index is 1.74. The van der Waals surface area contributed by atoms with Gasteiger partial charge < -0.3 is 5.32 Å². The number of nitrogens with one attached hydrogen (secondary N) is 1. The third-order valence-corrected chi connectivity index (χ3v) is 4.97. The van der Waals surface area contributed by atoms with Crippen molar-refractivity contribution in [3.63, 3.8) is 0 Å². The van der Waals surface area contributed by atoms with E-state index in [0.717, 1.165) is 40.9 Å². The van der Waals surface area contributed by atoms with Gasteiger partial charge in [0.25, 0.3) is 0 Å². The average molecular weight is 344 g/mol. The highest BCUT2D eigenvalue weighted by molar-refractivity contribution is 5.92. The number of halogens is 1. The molecule has 4 nitrogen and oxygen atoms in total. The molecule has 4 heterocycles. The third-order valence-electron chi connectivity index (χ3n) is 4.97. The molecule has 0 saturated carbocycles. The minimum absolute atomic E-state index is 0.249. The first-order chi connectivity index (χ1) is 12.8. The van der Waals surface area contributed by atoms with E-state index in [1.54, 1.807) is 24.5 Å². The van der Waals surface area contributed by atoms with Crippen molar-refractivity contribution in [1.29, 1.82) is 0 Å². The number of benzene rings is 1. The maximum Gasteiger partial charge on any atom is 0.123 e. The summed E-state index contributed by atoms with van der Waals surface area (Å²) in [7, 11) is 0. The number of aromatic nitrogens is 3. The molecule has 1 aliphatic heterocycles. The molecule has 1 atom stereocenters. The van der Waals surface area contributed by atoms with Gasteiger partial charge in [0.1, 0.15) is 11.5 Å². The summed E-state index contributed by atoms with van der Waals surface area (Å²) in [6.45, 7) is 1.06. The van der Waals surface area contributed by atoms with Gasteiger partial charge in [-0.25, -0.2) is 8.91 Å². The summed E-state index contributed by atoms with van der Waals surface area (Å²) in [6.07, 6.45) is 6.79. The fraction of sp³-hybridized carbons (Fsp3) is 0.143. The van der Waals surface area contributed by atoms with Gasteiger partial charge in [-0.2, -0.15) is 5.10 Å². The van der Waals surface area contributed by atoms with Crippen LogP contribution >= 0.6 is 0 Å². The van der Waals surface area contributed by atoms with Crippen molar-refractivity contribution in [2.24, 2.45) is 0 Å². The molecule has 3 aromatic heterocycles. The molecule has 26 heavy (non-hydrogen) atoms. The lowest BCUT2D eigenvalue weighted by molar-refractivity contribution is 0.382. The zero-order valence-electron chi connectivity index (χ0n) is 14.1. The van der Waals surface area contributed by atoms with Gasteiger partial charge in [0, 0.05) is 35.8 Å². The largest absolute Gasteiger partial charge is 0.310 e. The van der Waals surface area contributed by atoms with Gasteiger partial charge in [0.2, 0.25) is 0 Å². The second-order valence-electron chi connectivity index (χ2n) is 6.55. The third kappa shape index (κ3) is 2.48. The van der Waals surface area contributed by atoms with Gasteiger partial charge in [0.05, 0.1) is 5.52 Å². The Morgan fingerprint density at radius 3 is 2.42 bits per heavy atom. The maximum atomic E-state index is 13.4. The lowest BCUT2D eigenvalue weighted by Gasteiger charge is -2.27. The summed E-state index contributed by atoms with van der Waals surface area (Å²) >= 11 is 0. The van der Waals surface area contributed by atoms with Crippen LogP contribution in [-0.2, 0) is 0 Å². The monoisotopic (exact) mass is 344 g/mol. The standard InChI is InChI=1S/C21H17FN4/c22-17-4-1-15(2-5-17)21-20(14-7-10-23-11-8-14)19-6-3-16(13-26(19)25-21)18-9-12-24-18/h1-8,10-11,13,18,24H,9,12H2. The van der Waals surface area contributed by atoms with Gasteiger partial charge in [-0.1, -0.05) is 6.07 Å². The molecular formula is C21H17FN4. The molecule has 0 bridgehead atoms. The topological polar surface area (TPSA) is 42.2 Å². The molecule has 0 radical (unpaired) electrons. The maximum absolute atomic E-state index is 13.4. The van der Waals surface area contributed by atoms with Crippen molar-refractivity contribution in [2.75, 3.05) is 6.54 Å². The quantitative estimate of drug-likeness (QED) is 0.604. The zero-order valence-corrected chi connectivity index (χ0v) is 14.1. The first-order valence-corrected chi connectivity index (χ1v) is 8.71. The highest BCUT2D eigenvalue weighted by atomic mass is 19.1. The highest BCUT2D eigenvalue weighted by Gasteiger charge is 2.21. The van der Waals surface area contributed by atoms with Gasteiger partial charge in [-0.15, -0.1) is 0 Å². The molecule has 1 aliphatic rings. The Morgan fingerprint density at radius 2 is 1.73 bits per heavy atom. The summed E-state index contributed by atoms with van der Waals surface area (Å²) in [5.74, 6) is -0.249. The number of pyridine rings is 2. The summed E-state index contributed by atoms with van der Waals surface area (Å²) in [4.78, 5) is 4.12. The van der Waals surface area contributed by atoms with Crippen LogP contribution < -0.4 is 5.32 Å². The molecule has 0 amide bonds. The smallest absolute Gasteiger partial charge is 0.123 e. The molecule has 5 heteroatoms. The molecule has 1 saturated heterocycles. The Bertz CT molecular complexity index is 1070. The van der Waals surface area contributed by atoms with Gasteiger partial charge in [-0.05, 0) is 66.6 Å². The summed E-state index contributed by atoms with van der Waals surface area (Å²) in [6, 6.07) is 15.1. The molecule has 5 rings (SSSR count). The molecule has 0 spiro atoms. The van der Waals surface area contributed by atoms with E-state index in [9.17, 15) is 4.39 Å². The molecule has 128 valence electrons. The first kappa shape index (κ1) is 15.2. The van der Waals surface area contributed by atoms with E-state index in [-0.39, 0.29) is 5.82 Å². The first-order valence-electron chi connectivity index (χ1n) is 8.71. The molecule has 1 unspecified atom stereocenters. The van der Waals surface area contributed by atoms with Crippen LogP contribution in [0.25, 0.3) is 27.9 Å². The molecule has 1 N–H and O–H groups in total. The van der Waals surface area contributed by atoms with Crippen LogP contribution in [-0.4, -0.2) is 21.1 Å². The van der Waals surface area contributed by atoms with Gasteiger partial charge in [0.15, 0.2) is 0 Å². The summed E-state index contributed by atoms with van der Waals surface area (Å²) in [5.41, 5.74) is 6.08. The molecule has 1 fully saturated rings. The fourth-order valence-corrected chi connectivity index (χ4v) is 3.46. The molecule has 1 aromatic carbocycles. The average Bonchev–Trinajstić information content (AvgIpc) is 3.00. The minimum atomic E-state index is -0.249. The van der Waals surface area contributed by atoms with E-state index in [1.165, 1.54) is 17.7 Å². The number of rotatable bonds is 3. The van der Waals surface area contributed by atoms with Crippen LogP contribution in [0.4, 0.5) is 4.39 Å². The van der Waals surface area contributed by atoms with E-state index < -0.39 is 0 Å². The lowest BCUT2D eigenvalue weighted by atomic mass is 9.98. The Labute approximate surface area is 150 Å². The number of hydrogen-bond donors (Lipinski definition) is 1. The van der Waals surface area contributed by atoms with Crippen LogP contribution in [0.3, 0.4) is 0 Å². The van der Waals surface area contributed by atoms with Crippen molar-refractivity contribution in [3.05, 3.63) is 78.5 Å². The number of nitrogens with zero attached hydrogens (tertiary/aromatic N) is 3. The normalized spacial score (nSPS) is 16.6. The second kappa shape index (κ2) is 6.04. The Kier molecular flexibility index (Phi) is 3.53. The van der Waals surface area contributed by atoms with Crippen molar-refractivity contribution < 1.29 is 4.39 Å². The van der Waals surface area contributed by atoms with Crippen LogP contribution in [0.2, 0.25) is 0 Å². The lowest BCUT2D eigenvalue weighted by Crippen LogP contribution is -2.35. The predicted molar refractivity (Wildman–Crippen MR) is 99.2 cm³/mol. The van der Waals surface area contributed by atoms with E-state index >= 15 is 0 Å². The summed E-state index contributed by atoms with van der Waals surface area (Å²) < 4.78 is 15.3. The van der Waals surface area contributed by atoms with E-state index in [1.807, 2.05) is 16.6 Å². The minimum Gasteiger partial charge on any atom is -0.310 e. The highest BCUT2D eigenvalue weighted by Crippen LogP contribution is 2.36. The zero-order chi connectivity index (χ0) is 17.5. The van der Waals surface area contributed by atoms with Crippen LogP contribution in [0, 0.1) is 5.82 Å². The van der Waals surface area contributed by atoms with Crippen molar-refractivity contribution >= 4 is 5.52 Å². The van der Waals surface area contributed by atoms with Crippen molar-refractivity contribution in [1.82, 2.24) is 19.9 Å². The molecule has 0 aliphatic carbocycles. The van der Waals surface area contributed by atoms with E-state index in [0.29, 0.717) is 6.04 Å². The van der Waals surface area contributed by atoms with Crippen molar-refractivity contribution in [2.45, 2.75) is 12.5 Å². The van der Waals surface area contributed by atoms with Crippen molar-refractivity contribution in [3.8, 4) is 22.4 Å². The van der Waals surface area contributed by atoms with Crippen LogP contribution in [0.5, 0.6) is 0 Å². The Morgan fingerprint density at radius 1 is 0.962 bits per heavy atom. The van der Waals surface area contributed by atoms with Crippen LogP contribution in [0.15, 0.2) is 67.1 Å². The van der Waals surface area contributed by atoms with E-state index in [4.69, 9.17) is 5.10 Å². The SMILES string of the molecule is Fc1ccc(-c2nn3cc(C4CCN4)ccc3c2-c2ccncc2)cc1. The second-order valence-corrected chi connectivity index (χ2v) is 6.55. The van der Waals surface area contributed by atoms with Gasteiger partial charge >= 0.3 is 0 Å². The molecular weight excluding hydrogens is 327 g/mol. The number of fused-ring (bicyclic) bond motifs is 1. The predicted octanol–water partition coefficient (Wildman–Crippen LogP) is 4.24. The van der Waals surface area contributed by atoms with Crippen LogP contribution in [0.1, 0.15) is 18.0 Å². The van der Waals surface area contributed by atoms with Gasteiger partial charge in [-0.3, -0.25) is 4.98 Å². The molecule has 4 aromatic rings. The fourth-order valence-electron chi connectivity index (χ4n) is 3.46. The Hall–Kier alpha value is -3.05. The van der Waals surface area contributed by atoms with E-state index in [2.05, 4.69) is 28.6 Å². The number of hydrogen-bond acceptors (Lipinski definition) is 3. The summed E-state index contributed by atoms with van der Waals surface area (Å²) in [5, 5.41) is 8.26.